The molecule has 1 fully saturated rings. The average molecular weight is 315 g/mol. The van der Waals surface area contributed by atoms with Crippen LogP contribution in [0.1, 0.15) is 43.2 Å². The molecular weight excluding hydrogens is 296 g/mol. The molecule has 1 amide bonds. The lowest BCUT2D eigenvalue weighted by molar-refractivity contribution is 0.0619. The van der Waals surface area contributed by atoms with E-state index in [2.05, 4.69) is 35.1 Å². The summed E-state index contributed by atoms with van der Waals surface area (Å²) in [6.45, 7) is 5.55. The fourth-order valence-corrected chi connectivity index (χ4v) is 2.61. The largest absolute Gasteiger partial charge is 0.379 e. The van der Waals surface area contributed by atoms with E-state index in [0.29, 0.717) is 12.3 Å². The van der Waals surface area contributed by atoms with Crippen LogP contribution in [-0.4, -0.2) is 29.7 Å². The zero-order chi connectivity index (χ0) is 13.1. The lowest BCUT2D eigenvalue weighted by Crippen LogP contribution is -2.41. The Hall–Kier alpha value is -0.810. The maximum Gasteiger partial charge on any atom is 0.268 e. The van der Waals surface area contributed by atoms with Crippen LogP contribution >= 0.6 is 15.9 Å². The summed E-state index contributed by atoms with van der Waals surface area (Å²) in [5, 5.41) is 3.04. The summed E-state index contributed by atoms with van der Waals surface area (Å²) in [5.74, 6) is -0.0232. The van der Waals surface area contributed by atoms with Gasteiger partial charge in [-0.15, -0.1) is 0 Å². The fourth-order valence-electron chi connectivity index (χ4n) is 2.17. The van der Waals surface area contributed by atoms with Gasteiger partial charge in [0.1, 0.15) is 5.69 Å². The fraction of sp³-hybridized carbons (Fsp3) is 0.615. The van der Waals surface area contributed by atoms with Crippen molar-refractivity contribution in [3.63, 3.8) is 0 Å². The lowest BCUT2D eigenvalue weighted by Gasteiger charge is -2.23. The van der Waals surface area contributed by atoms with Crippen LogP contribution in [0.3, 0.4) is 0 Å². The van der Waals surface area contributed by atoms with Gasteiger partial charge in [0, 0.05) is 23.3 Å². The van der Waals surface area contributed by atoms with Crippen LogP contribution in [0.4, 0.5) is 0 Å². The van der Waals surface area contributed by atoms with Crippen LogP contribution in [-0.2, 0) is 4.74 Å². The minimum atomic E-state index is -0.0232. The second kappa shape index (κ2) is 5.89. The van der Waals surface area contributed by atoms with Crippen LogP contribution in [0.15, 0.2) is 16.7 Å². The molecule has 0 aliphatic carbocycles. The molecule has 2 heterocycles. The average Bonchev–Trinajstić information content (AvgIpc) is 2.73. The summed E-state index contributed by atoms with van der Waals surface area (Å²) in [4.78, 5) is 12.2. The highest BCUT2D eigenvalue weighted by molar-refractivity contribution is 9.10. The summed E-state index contributed by atoms with van der Waals surface area (Å²) >= 11 is 3.42. The van der Waals surface area contributed by atoms with Crippen LogP contribution in [0.5, 0.6) is 0 Å². The number of halogens is 1. The molecule has 4 nitrogen and oxygen atoms in total. The molecular formula is C13H19BrN2O2. The Balaban J connectivity index is 2.08. The van der Waals surface area contributed by atoms with Crippen molar-refractivity contribution in [2.45, 2.75) is 38.8 Å². The number of carbonyl (C=O) groups is 1. The van der Waals surface area contributed by atoms with Gasteiger partial charge >= 0.3 is 0 Å². The molecule has 1 aromatic heterocycles. The van der Waals surface area contributed by atoms with Crippen LogP contribution in [0.25, 0.3) is 0 Å². The van der Waals surface area contributed by atoms with E-state index in [1.165, 1.54) is 0 Å². The molecule has 1 aliphatic rings. The first-order valence-electron chi connectivity index (χ1n) is 6.34. The van der Waals surface area contributed by atoms with Gasteiger partial charge in [-0.25, -0.2) is 0 Å². The van der Waals surface area contributed by atoms with E-state index in [9.17, 15) is 4.79 Å². The summed E-state index contributed by atoms with van der Waals surface area (Å²) in [7, 11) is 0. The van der Waals surface area contributed by atoms with Crippen molar-refractivity contribution < 1.29 is 9.53 Å². The number of nitrogens with one attached hydrogen (secondary N) is 1. The summed E-state index contributed by atoms with van der Waals surface area (Å²) in [6, 6.07) is 2.26. The highest BCUT2D eigenvalue weighted by atomic mass is 79.9. The van der Waals surface area contributed by atoms with Gasteiger partial charge in [0.2, 0.25) is 0 Å². The first-order chi connectivity index (χ1) is 8.58. The number of hydrogen-bond acceptors (Lipinski definition) is 2. The van der Waals surface area contributed by atoms with Gasteiger partial charge in [-0.05, 0) is 48.7 Å². The van der Waals surface area contributed by atoms with Gasteiger partial charge in [-0.1, -0.05) is 0 Å². The topological polar surface area (TPSA) is 43.3 Å². The minimum Gasteiger partial charge on any atom is -0.379 e. The quantitative estimate of drug-likeness (QED) is 0.932. The van der Waals surface area contributed by atoms with Crippen molar-refractivity contribution in [3.8, 4) is 0 Å². The van der Waals surface area contributed by atoms with Crippen molar-refractivity contribution in [1.29, 1.82) is 0 Å². The van der Waals surface area contributed by atoms with Crippen LogP contribution < -0.4 is 5.32 Å². The van der Waals surface area contributed by atoms with E-state index >= 15 is 0 Å². The number of carbonyl (C=O) groups excluding carboxylic acids is 1. The van der Waals surface area contributed by atoms with Gasteiger partial charge in [0.05, 0.1) is 12.6 Å². The number of ether oxygens (including phenoxy) is 1. The van der Waals surface area contributed by atoms with E-state index in [-0.39, 0.29) is 18.0 Å². The van der Waals surface area contributed by atoms with Crippen LogP contribution in [0.2, 0.25) is 0 Å². The van der Waals surface area contributed by atoms with Gasteiger partial charge in [0.15, 0.2) is 0 Å². The third kappa shape index (κ3) is 3.14. The third-order valence-corrected chi connectivity index (χ3v) is 3.53. The molecule has 18 heavy (non-hydrogen) atoms. The predicted molar refractivity (Wildman–Crippen MR) is 73.8 cm³/mol. The van der Waals surface area contributed by atoms with Crippen molar-refractivity contribution in [1.82, 2.24) is 9.88 Å². The molecule has 100 valence electrons. The molecule has 1 aliphatic heterocycles. The monoisotopic (exact) mass is 314 g/mol. The van der Waals surface area contributed by atoms with Gasteiger partial charge in [0.25, 0.3) is 5.91 Å². The highest BCUT2D eigenvalue weighted by Crippen LogP contribution is 2.19. The normalized spacial score (nSPS) is 20.1. The summed E-state index contributed by atoms with van der Waals surface area (Å²) in [6.07, 6.45) is 3.95. The third-order valence-electron chi connectivity index (χ3n) is 3.10. The second-order valence-corrected chi connectivity index (χ2v) is 5.85. The molecule has 2 rings (SSSR count). The van der Waals surface area contributed by atoms with E-state index < -0.39 is 0 Å². The first kappa shape index (κ1) is 13.6. The number of rotatable bonds is 3. The van der Waals surface area contributed by atoms with Crippen molar-refractivity contribution in [2.24, 2.45) is 0 Å². The van der Waals surface area contributed by atoms with E-state index in [1.54, 1.807) is 0 Å². The smallest absolute Gasteiger partial charge is 0.268 e. The highest BCUT2D eigenvalue weighted by Gasteiger charge is 2.20. The Morgan fingerprint density at radius 1 is 1.61 bits per heavy atom. The molecule has 0 saturated carbocycles. The molecule has 1 N–H and O–H groups in total. The number of hydrogen-bond donors (Lipinski definition) is 1. The Bertz CT molecular complexity index is 423. The molecule has 5 heteroatoms. The summed E-state index contributed by atoms with van der Waals surface area (Å²) < 4.78 is 8.28. The molecule has 0 aromatic carbocycles. The Kier molecular flexibility index (Phi) is 4.45. The predicted octanol–water partition coefficient (Wildman–Crippen LogP) is 2.74. The number of aromatic nitrogens is 1. The Morgan fingerprint density at radius 2 is 2.39 bits per heavy atom. The maximum absolute atomic E-state index is 12.2. The van der Waals surface area contributed by atoms with Crippen molar-refractivity contribution in [3.05, 3.63) is 22.4 Å². The Labute approximate surface area is 116 Å². The lowest BCUT2D eigenvalue weighted by atomic mass is 10.1. The number of nitrogens with zero attached hydrogens (tertiary/aromatic N) is 1. The molecule has 0 bridgehead atoms. The van der Waals surface area contributed by atoms with E-state index in [0.717, 1.165) is 23.9 Å². The zero-order valence-corrected chi connectivity index (χ0v) is 12.4. The summed E-state index contributed by atoms with van der Waals surface area (Å²) in [5.41, 5.74) is 0.697. The van der Waals surface area contributed by atoms with Crippen molar-refractivity contribution in [2.75, 3.05) is 13.2 Å². The molecule has 1 aromatic rings. The Morgan fingerprint density at radius 3 is 3.00 bits per heavy atom. The zero-order valence-electron chi connectivity index (χ0n) is 10.8. The minimum absolute atomic E-state index is 0.0232. The van der Waals surface area contributed by atoms with Crippen LogP contribution in [0, 0.1) is 0 Å². The first-order valence-corrected chi connectivity index (χ1v) is 7.13. The van der Waals surface area contributed by atoms with E-state index in [1.807, 2.05) is 16.8 Å². The van der Waals surface area contributed by atoms with Gasteiger partial charge in [-0.3, -0.25) is 4.79 Å². The molecule has 0 radical (unpaired) electrons. The molecule has 1 unspecified atom stereocenters. The standard InChI is InChI=1S/C13H19BrN2O2/c1-9(2)16-7-10(14)6-12(16)13(17)15-11-4-3-5-18-8-11/h6-7,9,11H,3-5,8H2,1-2H3,(H,15,17). The van der Waals surface area contributed by atoms with Gasteiger partial charge < -0.3 is 14.6 Å². The number of amides is 1. The second-order valence-electron chi connectivity index (χ2n) is 4.93. The maximum atomic E-state index is 12.2. The van der Waals surface area contributed by atoms with E-state index in [4.69, 9.17) is 4.74 Å². The SMILES string of the molecule is CC(C)n1cc(Br)cc1C(=O)NC1CCCOC1. The van der Waals surface area contributed by atoms with Gasteiger partial charge in [-0.2, -0.15) is 0 Å². The molecule has 1 saturated heterocycles. The van der Waals surface area contributed by atoms with Crippen molar-refractivity contribution >= 4 is 21.8 Å². The molecule has 0 spiro atoms. The molecule has 1 atom stereocenters.